The first-order valence-electron chi connectivity index (χ1n) is 6.57. The summed E-state index contributed by atoms with van der Waals surface area (Å²) < 4.78 is 26.3. The van der Waals surface area contributed by atoms with Crippen molar-refractivity contribution in [3.8, 4) is 0 Å². The first-order chi connectivity index (χ1) is 10.6. The number of halogens is 2. The summed E-state index contributed by atoms with van der Waals surface area (Å²) in [6, 6.07) is 10.4. The Morgan fingerprint density at radius 1 is 1.09 bits per heavy atom. The number of rotatable bonds is 3. The number of para-hydroxylation sites is 2. The summed E-state index contributed by atoms with van der Waals surface area (Å²) in [5.74, 6) is -1.83. The molecule has 0 spiro atoms. The van der Waals surface area contributed by atoms with E-state index in [-0.39, 0.29) is 17.8 Å². The minimum Gasteiger partial charge on any atom is -0.346 e. The van der Waals surface area contributed by atoms with Crippen molar-refractivity contribution in [1.29, 1.82) is 0 Å². The molecule has 0 saturated carbocycles. The largest absolute Gasteiger partial charge is 0.346 e. The lowest BCUT2D eigenvalue weighted by molar-refractivity contribution is 0.0945. The zero-order chi connectivity index (χ0) is 15.5. The molecule has 0 radical (unpaired) electrons. The SMILES string of the molecule is O=C(NCc1ccc(F)cc1F)c1cnc2ccccc2n1. The summed E-state index contributed by atoms with van der Waals surface area (Å²) in [6.45, 7) is -0.0561. The molecule has 1 aromatic heterocycles. The summed E-state index contributed by atoms with van der Waals surface area (Å²) in [5, 5.41) is 2.54. The Morgan fingerprint density at radius 3 is 2.64 bits per heavy atom. The van der Waals surface area contributed by atoms with Crippen LogP contribution in [-0.4, -0.2) is 15.9 Å². The van der Waals surface area contributed by atoms with Crippen molar-refractivity contribution < 1.29 is 13.6 Å². The normalized spacial score (nSPS) is 10.6. The van der Waals surface area contributed by atoms with Gasteiger partial charge in [-0.15, -0.1) is 0 Å². The quantitative estimate of drug-likeness (QED) is 0.809. The van der Waals surface area contributed by atoms with Crippen molar-refractivity contribution in [2.45, 2.75) is 6.54 Å². The van der Waals surface area contributed by atoms with Gasteiger partial charge < -0.3 is 5.32 Å². The number of hydrogen-bond acceptors (Lipinski definition) is 3. The molecule has 2 aromatic carbocycles. The monoisotopic (exact) mass is 299 g/mol. The van der Waals surface area contributed by atoms with Gasteiger partial charge in [0, 0.05) is 18.2 Å². The molecule has 22 heavy (non-hydrogen) atoms. The number of hydrogen-bond donors (Lipinski definition) is 1. The summed E-state index contributed by atoms with van der Waals surface area (Å²) in [4.78, 5) is 20.4. The van der Waals surface area contributed by atoms with E-state index >= 15 is 0 Å². The van der Waals surface area contributed by atoms with Crippen LogP contribution in [-0.2, 0) is 6.54 Å². The van der Waals surface area contributed by atoms with Crippen molar-refractivity contribution >= 4 is 16.9 Å². The van der Waals surface area contributed by atoms with Crippen LogP contribution in [0, 0.1) is 11.6 Å². The topological polar surface area (TPSA) is 54.9 Å². The summed E-state index contributed by atoms with van der Waals surface area (Å²) in [5.41, 5.74) is 1.62. The first-order valence-corrected chi connectivity index (χ1v) is 6.57. The van der Waals surface area contributed by atoms with Crippen molar-refractivity contribution in [2.75, 3.05) is 0 Å². The number of fused-ring (bicyclic) bond motifs is 1. The molecule has 4 nitrogen and oxygen atoms in total. The van der Waals surface area contributed by atoms with Crippen molar-refractivity contribution in [2.24, 2.45) is 0 Å². The third-order valence-electron chi connectivity index (χ3n) is 3.14. The fraction of sp³-hybridized carbons (Fsp3) is 0.0625. The Labute approximate surface area is 124 Å². The highest BCUT2D eigenvalue weighted by atomic mass is 19.1. The smallest absolute Gasteiger partial charge is 0.271 e. The molecule has 110 valence electrons. The molecule has 0 unspecified atom stereocenters. The molecule has 6 heteroatoms. The van der Waals surface area contributed by atoms with Gasteiger partial charge in [-0.3, -0.25) is 9.78 Å². The van der Waals surface area contributed by atoms with Crippen molar-refractivity contribution in [1.82, 2.24) is 15.3 Å². The molecule has 1 heterocycles. The van der Waals surface area contributed by atoms with Gasteiger partial charge in [-0.25, -0.2) is 13.8 Å². The van der Waals surface area contributed by atoms with Gasteiger partial charge in [0.25, 0.3) is 5.91 Å². The predicted octanol–water partition coefficient (Wildman–Crippen LogP) is 2.84. The fourth-order valence-electron chi connectivity index (χ4n) is 2.00. The van der Waals surface area contributed by atoms with Crippen LogP contribution in [0.15, 0.2) is 48.7 Å². The van der Waals surface area contributed by atoms with Crippen LogP contribution in [0.2, 0.25) is 0 Å². The van der Waals surface area contributed by atoms with Crippen LogP contribution in [0.3, 0.4) is 0 Å². The zero-order valence-electron chi connectivity index (χ0n) is 11.4. The number of aromatic nitrogens is 2. The second-order valence-electron chi connectivity index (χ2n) is 4.66. The second kappa shape index (κ2) is 5.85. The fourth-order valence-corrected chi connectivity index (χ4v) is 2.00. The van der Waals surface area contributed by atoms with Crippen LogP contribution in [0.4, 0.5) is 8.78 Å². The van der Waals surface area contributed by atoms with Gasteiger partial charge >= 0.3 is 0 Å². The third kappa shape index (κ3) is 2.90. The molecule has 0 aliphatic rings. The first kappa shape index (κ1) is 14.1. The van der Waals surface area contributed by atoms with E-state index in [1.165, 1.54) is 12.3 Å². The lowest BCUT2D eigenvalue weighted by Gasteiger charge is -2.06. The van der Waals surface area contributed by atoms with E-state index in [1.807, 2.05) is 6.07 Å². The van der Waals surface area contributed by atoms with E-state index < -0.39 is 17.5 Å². The highest BCUT2D eigenvalue weighted by Gasteiger charge is 2.10. The molecule has 0 aliphatic heterocycles. The van der Waals surface area contributed by atoms with E-state index in [4.69, 9.17) is 0 Å². The molecule has 1 N–H and O–H groups in total. The van der Waals surface area contributed by atoms with Gasteiger partial charge in [0.1, 0.15) is 17.3 Å². The molecule has 3 aromatic rings. The minimum absolute atomic E-state index is 0.0561. The second-order valence-corrected chi connectivity index (χ2v) is 4.66. The maximum Gasteiger partial charge on any atom is 0.271 e. The van der Waals surface area contributed by atoms with Gasteiger partial charge in [-0.1, -0.05) is 18.2 Å². The Balaban J connectivity index is 1.75. The standard InChI is InChI=1S/C16H11F2N3O/c17-11-6-5-10(12(18)7-11)8-20-16(22)15-9-19-13-3-1-2-4-14(13)21-15/h1-7,9H,8H2,(H,20,22). The molecule has 0 aliphatic carbocycles. The van der Waals surface area contributed by atoms with E-state index in [0.29, 0.717) is 11.0 Å². The molecule has 0 fully saturated rings. The Hall–Kier alpha value is -2.89. The zero-order valence-corrected chi connectivity index (χ0v) is 11.4. The van der Waals surface area contributed by atoms with Crippen molar-refractivity contribution in [3.63, 3.8) is 0 Å². The van der Waals surface area contributed by atoms with Gasteiger partial charge in [0.15, 0.2) is 0 Å². The number of amides is 1. The average Bonchev–Trinajstić information content (AvgIpc) is 2.53. The highest BCUT2D eigenvalue weighted by Crippen LogP contribution is 2.10. The summed E-state index contributed by atoms with van der Waals surface area (Å²) in [6.07, 6.45) is 1.36. The maximum absolute atomic E-state index is 13.5. The lowest BCUT2D eigenvalue weighted by Crippen LogP contribution is -2.24. The van der Waals surface area contributed by atoms with Gasteiger partial charge in [0.05, 0.1) is 17.2 Å². The van der Waals surface area contributed by atoms with Gasteiger partial charge in [-0.05, 0) is 18.2 Å². The van der Waals surface area contributed by atoms with Gasteiger partial charge in [-0.2, -0.15) is 0 Å². The minimum atomic E-state index is -0.704. The Bertz CT molecular complexity index is 852. The number of nitrogens with one attached hydrogen (secondary N) is 1. The number of nitrogens with zero attached hydrogens (tertiary/aromatic N) is 2. The van der Waals surface area contributed by atoms with Crippen LogP contribution in [0.1, 0.15) is 16.1 Å². The highest BCUT2D eigenvalue weighted by molar-refractivity contribution is 5.93. The predicted molar refractivity (Wildman–Crippen MR) is 77.1 cm³/mol. The lowest BCUT2D eigenvalue weighted by atomic mass is 10.2. The van der Waals surface area contributed by atoms with Crippen LogP contribution >= 0.6 is 0 Å². The summed E-state index contributed by atoms with van der Waals surface area (Å²) in [7, 11) is 0. The van der Waals surface area contributed by atoms with Crippen LogP contribution in [0.5, 0.6) is 0 Å². The molecular formula is C16H11F2N3O. The maximum atomic E-state index is 13.5. The molecule has 0 saturated heterocycles. The third-order valence-corrected chi connectivity index (χ3v) is 3.14. The molecule has 3 rings (SSSR count). The number of carbonyl (C=O) groups is 1. The average molecular weight is 299 g/mol. The Morgan fingerprint density at radius 2 is 1.86 bits per heavy atom. The molecule has 0 atom stereocenters. The number of benzene rings is 2. The number of carbonyl (C=O) groups excluding carboxylic acids is 1. The van der Waals surface area contributed by atoms with E-state index in [9.17, 15) is 13.6 Å². The van der Waals surface area contributed by atoms with E-state index in [0.717, 1.165) is 12.1 Å². The molecular weight excluding hydrogens is 288 g/mol. The Kier molecular flexibility index (Phi) is 3.74. The van der Waals surface area contributed by atoms with E-state index in [1.54, 1.807) is 18.2 Å². The van der Waals surface area contributed by atoms with Crippen LogP contribution < -0.4 is 5.32 Å². The van der Waals surface area contributed by atoms with Gasteiger partial charge in [0.2, 0.25) is 0 Å². The molecule has 1 amide bonds. The van der Waals surface area contributed by atoms with Crippen molar-refractivity contribution in [3.05, 3.63) is 71.6 Å². The molecule has 0 bridgehead atoms. The summed E-state index contributed by atoms with van der Waals surface area (Å²) >= 11 is 0. The van der Waals surface area contributed by atoms with E-state index in [2.05, 4.69) is 15.3 Å². The van der Waals surface area contributed by atoms with Crippen LogP contribution in [0.25, 0.3) is 11.0 Å².